The number of likely N-dealkylation sites (tertiary alicyclic amines) is 2. The van der Waals surface area contributed by atoms with E-state index in [1.165, 1.54) is 18.2 Å². The number of hydrogen-bond donors (Lipinski definition) is 0. The van der Waals surface area contributed by atoms with E-state index < -0.39 is 46.5 Å². The monoisotopic (exact) mass is 659 g/mol. The van der Waals surface area contributed by atoms with Gasteiger partial charge in [-0.25, -0.2) is 26.0 Å². The highest BCUT2D eigenvalue weighted by Gasteiger charge is 2.44. The van der Waals surface area contributed by atoms with E-state index in [0.717, 1.165) is 29.5 Å². The molecular formula is C31H38ClF4N3O4S. The Balaban J connectivity index is 1.37. The van der Waals surface area contributed by atoms with Crippen LogP contribution in [0.1, 0.15) is 54.2 Å². The maximum absolute atomic E-state index is 15.0. The van der Waals surface area contributed by atoms with Gasteiger partial charge in [-0.3, -0.25) is 14.0 Å². The smallest absolute Gasteiger partial charge is 0.257 e. The first-order valence-corrected chi connectivity index (χ1v) is 17.2. The first-order valence-electron chi connectivity index (χ1n) is 14.9. The van der Waals surface area contributed by atoms with Crippen LogP contribution in [0, 0.1) is 24.5 Å². The molecule has 3 heterocycles. The number of nitrogens with zero attached hydrogens (tertiary/aromatic N) is 3. The van der Waals surface area contributed by atoms with Gasteiger partial charge in [0.2, 0.25) is 15.9 Å². The van der Waals surface area contributed by atoms with Crippen molar-refractivity contribution in [1.82, 2.24) is 9.80 Å². The lowest BCUT2D eigenvalue weighted by Gasteiger charge is -2.36. The number of sulfonamides is 1. The highest BCUT2D eigenvalue weighted by atomic mass is 35.5. The van der Waals surface area contributed by atoms with E-state index in [-0.39, 0.29) is 23.6 Å². The third kappa shape index (κ3) is 7.18. The van der Waals surface area contributed by atoms with Crippen LogP contribution in [0.2, 0.25) is 5.02 Å². The lowest BCUT2D eigenvalue weighted by molar-refractivity contribution is -0.136. The highest BCUT2D eigenvalue weighted by molar-refractivity contribution is 7.92. The molecule has 5 rings (SSSR count). The Bertz CT molecular complexity index is 1470. The van der Waals surface area contributed by atoms with Crippen LogP contribution in [0.3, 0.4) is 0 Å². The summed E-state index contributed by atoms with van der Waals surface area (Å²) < 4.78 is 87.1. The van der Waals surface area contributed by atoms with E-state index in [9.17, 15) is 26.4 Å². The Hall–Kier alpha value is -2.41. The predicted octanol–water partition coefficient (Wildman–Crippen LogP) is 5.56. The maximum atomic E-state index is 15.0. The van der Waals surface area contributed by atoms with Gasteiger partial charge in [-0.2, -0.15) is 0 Å². The molecule has 0 bridgehead atoms. The van der Waals surface area contributed by atoms with Gasteiger partial charge in [0.15, 0.2) is 0 Å². The van der Waals surface area contributed by atoms with Crippen molar-refractivity contribution in [1.29, 1.82) is 0 Å². The zero-order valence-electron chi connectivity index (χ0n) is 24.8. The predicted molar refractivity (Wildman–Crippen MR) is 161 cm³/mol. The Morgan fingerprint density at radius 1 is 1.05 bits per heavy atom. The van der Waals surface area contributed by atoms with Gasteiger partial charge in [0, 0.05) is 62.4 Å². The lowest BCUT2D eigenvalue weighted by atomic mass is 9.85. The molecule has 3 aliphatic rings. The van der Waals surface area contributed by atoms with Gasteiger partial charge in [0.05, 0.1) is 24.4 Å². The van der Waals surface area contributed by atoms with Gasteiger partial charge in [0.1, 0.15) is 11.6 Å². The Morgan fingerprint density at radius 3 is 2.34 bits per heavy atom. The lowest BCUT2D eigenvalue weighted by Crippen LogP contribution is -2.44. The molecule has 0 aliphatic carbocycles. The fourth-order valence-electron chi connectivity index (χ4n) is 6.96. The topological polar surface area (TPSA) is 70.2 Å². The summed E-state index contributed by atoms with van der Waals surface area (Å²) >= 11 is 6.42. The zero-order chi connectivity index (χ0) is 31.8. The number of hydrogen-bond acceptors (Lipinski definition) is 5. The first-order chi connectivity index (χ1) is 20.8. The number of carbonyl (C=O) groups excluding carboxylic acids is 1. The molecule has 242 valence electrons. The number of amides is 1. The van der Waals surface area contributed by atoms with Crippen LogP contribution in [-0.4, -0.2) is 88.8 Å². The summed E-state index contributed by atoms with van der Waals surface area (Å²) in [6.07, 6.45) is 0.604. The second kappa shape index (κ2) is 13.5. The minimum atomic E-state index is -4.01. The molecule has 0 aromatic heterocycles. The minimum Gasteiger partial charge on any atom is -0.381 e. The van der Waals surface area contributed by atoms with Crippen molar-refractivity contribution in [3.05, 3.63) is 63.7 Å². The molecule has 0 radical (unpaired) electrons. The zero-order valence-corrected chi connectivity index (χ0v) is 26.4. The molecule has 7 nitrogen and oxygen atoms in total. The van der Waals surface area contributed by atoms with Crippen molar-refractivity contribution in [3.8, 4) is 0 Å². The first kappa shape index (κ1) is 33.0. The Morgan fingerprint density at radius 2 is 1.73 bits per heavy atom. The number of piperidine rings is 1. The molecule has 44 heavy (non-hydrogen) atoms. The van der Waals surface area contributed by atoms with Gasteiger partial charge >= 0.3 is 0 Å². The van der Waals surface area contributed by atoms with Gasteiger partial charge in [-0.05, 0) is 73.4 Å². The normalized spacial score (nSPS) is 22.6. The van der Waals surface area contributed by atoms with Crippen molar-refractivity contribution >= 4 is 33.2 Å². The van der Waals surface area contributed by atoms with Gasteiger partial charge < -0.3 is 9.64 Å². The fourth-order valence-corrected chi connectivity index (χ4v) is 8.03. The molecule has 0 unspecified atom stereocenters. The number of alkyl halides is 2. The summed E-state index contributed by atoms with van der Waals surface area (Å²) in [4.78, 5) is 18.0. The van der Waals surface area contributed by atoms with Crippen LogP contribution in [0.25, 0.3) is 0 Å². The van der Waals surface area contributed by atoms with Crippen LogP contribution >= 0.6 is 11.6 Å². The number of rotatable bonds is 8. The summed E-state index contributed by atoms with van der Waals surface area (Å²) in [5.74, 6) is -2.63. The second-order valence-corrected chi connectivity index (χ2v) is 14.4. The third-order valence-corrected chi connectivity index (χ3v) is 10.8. The van der Waals surface area contributed by atoms with Gasteiger partial charge in [0.25, 0.3) is 6.43 Å². The number of ether oxygens (including phenoxy) is 1. The number of halogens is 5. The SMILES string of the molecule is Cc1cc(N(CC(F)F)S(C)(=O)=O)c(C2CCN(C(=O)[C@@H]3CN(C4CCOCC4)C[C@H]3c3ccc(F)cc3F)CC2)cc1Cl. The molecule has 3 aliphatic heterocycles. The van der Waals surface area contributed by atoms with Crippen molar-refractivity contribution in [2.45, 2.75) is 56.9 Å². The molecule has 3 fully saturated rings. The average molecular weight is 660 g/mol. The van der Waals surface area contributed by atoms with E-state index in [1.807, 2.05) is 0 Å². The number of anilines is 1. The maximum Gasteiger partial charge on any atom is 0.257 e. The highest BCUT2D eigenvalue weighted by Crippen LogP contribution is 2.41. The van der Waals surface area contributed by atoms with Crippen molar-refractivity contribution < 1.29 is 35.5 Å². The summed E-state index contributed by atoms with van der Waals surface area (Å²) in [7, 11) is -4.01. The van der Waals surface area contributed by atoms with Gasteiger partial charge in [-0.15, -0.1) is 0 Å². The van der Waals surface area contributed by atoms with Crippen molar-refractivity contribution in [3.63, 3.8) is 0 Å². The summed E-state index contributed by atoms with van der Waals surface area (Å²) in [5.41, 5.74) is 1.62. The van der Waals surface area contributed by atoms with Crippen LogP contribution in [0.5, 0.6) is 0 Å². The van der Waals surface area contributed by atoms with Crippen LogP contribution in [0.4, 0.5) is 23.2 Å². The Labute approximate surface area is 261 Å². The van der Waals surface area contributed by atoms with E-state index in [0.29, 0.717) is 73.9 Å². The fraction of sp³-hybridized carbons (Fsp3) is 0.581. The van der Waals surface area contributed by atoms with E-state index in [4.69, 9.17) is 16.3 Å². The molecule has 0 saturated carbocycles. The molecule has 1 amide bonds. The summed E-state index contributed by atoms with van der Waals surface area (Å²) in [5, 5.41) is 0.399. The number of aryl methyl sites for hydroxylation is 1. The summed E-state index contributed by atoms with van der Waals surface area (Å²) in [6.45, 7) is 3.62. The molecule has 2 aromatic carbocycles. The van der Waals surface area contributed by atoms with E-state index in [2.05, 4.69) is 4.90 Å². The minimum absolute atomic E-state index is 0.107. The summed E-state index contributed by atoms with van der Waals surface area (Å²) in [6, 6.07) is 6.91. The van der Waals surface area contributed by atoms with E-state index >= 15 is 4.39 Å². The largest absolute Gasteiger partial charge is 0.381 e. The molecule has 0 N–H and O–H groups in total. The number of benzene rings is 2. The van der Waals surface area contributed by atoms with Crippen molar-refractivity contribution in [2.75, 3.05) is 56.5 Å². The standard InChI is InChI=1S/C31H38ClF4N3O4S/c1-19-13-29(39(18-30(35)36)44(2,41)42)24(15-27(19)32)20-5-9-37(10-6-20)31(40)26-17-38(22-7-11-43-12-8-22)16-25(26)23-4-3-21(33)14-28(23)34/h3-4,13-15,20,22,25-26,30H,5-12,16-18H2,1-2H3/t25-,26+/m0/s1. The molecule has 13 heteroatoms. The quantitative estimate of drug-likeness (QED) is 0.348. The van der Waals surface area contributed by atoms with Crippen LogP contribution < -0.4 is 4.31 Å². The van der Waals surface area contributed by atoms with Crippen molar-refractivity contribution in [2.24, 2.45) is 5.92 Å². The van der Waals surface area contributed by atoms with Gasteiger partial charge in [-0.1, -0.05) is 17.7 Å². The van der Waals surface area contributed by atoms with Crippen LogP contribution in [-0.2, 0) is 19.6 Å². The van der Waals surface area contributed by atoms with Crippen LogP contribution in [0.15, 0.2) is 30.3 Å². The third-order valence-electron chi connectivity index (χ3n) is 9.26. The molecule has 3 saturated heterocycles. The van der Waals surface area contributed by atoms with E-state index in [1.54, 1.807) is 17.9 Å². The second-order valence-electron chi connectivity index (χ2n) is 12.1. The molecule has 2 atom stereocenters. The molecule has 0 spiro atoms. The molecule has 2 aromatic rings. The average Bonchev–Trinajstić information content (AvgIpc) is 3.42. The number of carbonyl (C=O) groups is 1. The Kier molecular flexibility index (Phi) is 10.1. The molecular weight excluding hydrogens is 622 g/mol.